The molecule has 2 rings (SSSR count). The molecule has 0 heterocycles. The van der Waals surface area contributed by atoms with Crippen LogP contribution >= 0.6 is 0 Å². The molecule has 0 spiro atoms. The number of hydrogen-bond donors (Lipinski definition) is 2. The molecular weight excluding hydrogens is 226 g/mol. The maximum atomic E-state index is 11.8. The second kappa shape index (κ2) is 6.55. The van der Waals surface area contributed by atoms with Gasteiger partial charge >= 0.3 is 0 Å². The first-order valence-electron chi connectivity index (χ1n) is 6.77. The fraction of sp³-hybridized carbons (Fsp3) is 0.533. The molecule has 2 atom stereocenters. The number of amides is 1. The van der Waals surface area contributed by atoms with Crippen LogP contribution in [0.3, 0.4) is 0 Å². The Labute approximate surface area is 108 Å². The maximum Gasteiger partial charge on any atom is 0.220 e. The van der Waals surface area contributed by atoms with E-state index < -0.39 is 0 Å². The van der Waals surface area contributed by atoms with Crippen molar-refractivity contribution < 1.29 is 9.90 Å². The first-order chi connectivity index (χ1) is 8.75. The van der Waals surface area contributed by atoms with Gasteiger partial charge in [0, 0.05) is 6.42 Å². The summed E-state index contributed by atoms with van der Waals surface area (Å²) < 4.78 is 0. The first kappa shape index (κ1) is 13.1. The molecule has 1 aromatic rings. The van der Waals surface area contributed by atoms with Gasteiger partial charge in [0.05, 0.1) is 12.1 Å². The van der Waals surface area contributed by atoms with E-state index in [0.717, 1.165) is 32.1 Å². The molecule has 3 heteroatoms. The van der Waals surface area contributed by atoms with Crippen molar-refractivity contribution >= 4 is 5.91 Å². The average Bonchev–Trinajstić information content (AvgIpc) is 2.40. The van der Waals surface area contributed by atoms with Gasteiger partial charge in [-0.1, -0.05) is 43.2 Å². The second-order valence-corrected chi connectivity index (χ2v) is 5.01. The Morgan fingerprint density at radius 1 is 1.22 bits per heavy atom. The lowest BCUT2D eigenvalue weighted by atomic mass is 9.92. The van der Waals surface area contributed by atoms with Gasteiger partial charge in [-0.15, -0.1) is 0 Å². The van der Waals surface area contributed by atoms with Crippen molar-refractivity contribution in [3.63, 3.8) is 0 Å². The summed E-state index contributed by atoms with van der Waals surface area (Å²) in [5.74, 6) is 0.0461. The van der Waals surface area contributed by atoms with Crippen LogP contribution in [0, 0.1) is 0 Å². The number of benzene rings is 1. The van der Waals surface area contributed by atoms with Crippen LogP contribution in [0.5, 0.6) is 0 Å². The quantitative estimate of drug-likeness (QED) is 0.855. The summed E-state index contributed by atoms with van der Waals surface area (Å²) in [4.78, 5) is 11.8. The zero-order valence-electron chi connectivity index (χ0n) is 10.6. The van der Waals surface area contributed by atoms with Gasteiger partial charge in [0.15, 0.2) is 0 Å². The Morgan fingerprint density at radius 3 is 2.67 bits per heavy atom. The number of aliphatic hydroxyl groups excluding tert-OH is 1. The lowest BCUT2D eigenvalue weighted by molar-refractivity contribution is -0.123. The molecule has 98 valence electrons. The molecule has 0 radical (unpaired) electrons. The number of carbonyl (C=O) groups excluding carboxylic acids is 1. The number of hydrogen-bond acceptors (Lipinski definition) is 2. The third-order valence-electron chi connectivity index (χ3n) is 3.56. The Hall–Kier alpha value is -1.35. The fourth-order valence-electron chi connectivity index (χ4n) is 2.46. The number of aliphatic hydroxyl groups is 1. The highest BCUT2D eigenvalue weighted by Crippen LogP contribution is 2.18. The Kier molecular flexibility index (Phi) is 4.76. The smallest absolute Gasteiger partial charge is 0.220 e. The van der Waals surface area contributed by atoms with Crippen molar-refractivity contribution in [2.24, 2.45) is 0 Å². The van der Waals surface area contributed by atoms with Crippen LogP contribution in [0.2, 0.25) is 0 Å². The fourth-order valence-corrected chi connectivity index (χ4v) is 2.46. The van der Waals surface area contributed by atoms with Crippen LogP contribution in [0.1, 0.15) is 37.7 Å². The minimum Gasteiger partial charge on any atom is -0.391 e. The predicted octanol–water partition coefficient (Wildman–Crippen LogP) is 2.04. The van der Waals surface area contributed by atoms with Crippen LogP contribution in [-0.4, -0.2) is 23.2 Å². The van der Waals surface area contributed by atoms with E-state index in [4.69, 9.17) is 0 Å². The Morgan fingerprint density at radius 2 is 1.94 bits per heavy atom. The molecule has 2 N–H and O–H groups in total. The third kappa shape index (κ3) is 3.84. The summed E-state index contributed by atoms with van der Waals surface area (Å²) >= 11 is 0. The minimum atomic E-state index is -0.362. The largest absolute Gasteiger partial charge is 0.391 e. The Bertz CT molecular complexity index is 377. The molecule has 1 aliphatic rings. The van der Waals surface area contributed by atoms with E-state index in [0.29, 0.717) is 6.42 Å². The molecule has 1 aliphatic carbocycles. The van der Waals surface area contributed by atoms with Gasteiger partial charge in [-0.25, -0.2) is 0 Å². The second-order valence-electron chi connectivity index (χ2n) is 5.01. The summed E-state index contributed by atoms with van der Waals surface area (Å²) in [5, 5.41) is 12.7. The average molecular weight is 247 g/mol. The summed E-state index contributed by atoms with van der Waals surface area (Å²) in [6, 6.07) is 9.96. The zero-order chi connectivity index (χ0) is 12.8. The third-order valence-corrected chi connectivity index (χ3v) is 3.56. The normalized spacial score (nSPS) is 23.6. The van der Waals surface area contributed by atoms with Gasteiger partial charge in [0.2, 0.25) is 5.91 Å². The molecule has 0 unspecified atom stereocenters. The molecule has 18 heavy (non-hydrogen) atoms. The minimum absolute atomic E-state index is 0.0398. The molecule has 1 aromatic carbocycles. The lowest BCUT2D eigenvalue weighted by Crippen LogP contribution is -2.45. The standard InChI is InChI=1S/C15H21NO2/c17-14-9-5-4-8-13(14)16-15(18)11-10-12-6-2-1-3-7-12/h1-3,6-7,13-14,17H,4-5,8-11H2,(H,16,18)/t13-,14+/m0/s1. The zero-order valence-corrected chi connectivity index (χ0v) is 10.6. The molecular formula is C15H21NO2. The van der Waals surface area contributed by atoms with Gasteiger partial charge < -0.3 is 10.4 Å². The van der Waals surface area contributed by atoms with E-state index in [1.165, 1.54) is 5.56 Å². The van der Waals surface area contributed by atoms with E-state index in [1.54, 1.807) is 0 Å². The SMILES string of the molecule is O=C(CCc1ccccc1)N[C@H]1CCCC[C@H]1O. The molecule has 0 aromatic heterocycles. The van der Waals surface area contributed by atoms with Gasteiger partial charge in [0.25, 0.3) is 0 Å². The van der Waals surface area contributed by atoms with Gasteiger partial charge in [-0.3, -0.25) is 4.79 Å². The van der Waals surface area contributed by atoms with Crippen molar-refractivity contribution in [3.05, 3.63) is 35.9 Å². The van der Waals surface area contributed by atoms with Crippen molar-refractivity contribution in [2.45, 2.75) is 50.7 Å². The maximum absolute atomic E-state index is 11.8. The molecule has 1 amide bonds. The number of carbonyl (C=O) groups is 1. The highest BCUT2D eigenvalue weighted by molar-refractivity contribution is 5.76. The lowest BCUT2D eigenvalue weighted by Gasteiger charge is -2.28. The van der Waals surface area contributed by atoms with E-state index in [9.17, 15) is 9.90 Å². The van der Waals surface area contributed by atoms with Crippen molar-refractivity contribution in [1.82, 2.24) is 5.32 Å². The topological polar surface area (TPSA) is 49.3 Å². The number of aryl methyl sites for hydroxylation is 1. The van der Waals surface area contributed by atoms with Crippen molar-refractivity contribution in [3.8, 4) is 0 Å². The molecule has 0 aliphatic heterocycles. The highest BCUT2D eigenvalue weighted by atomic mass is 16.3. The van der Waals surface area contributed by atoms with Crippen LogP contribution in [0.15, 0.2) is 30.3 Å². The number of nitrogens with one attached hydrogen (secondary N) is 1. The van der Waals surface area contributed by atoms with Crippen LogP contribution in [-0.2, 0) is 11.2 Å². The van der Waals surface area contributed by atoms with Crippen molar-refractivity contribution in [1.29, 1.82) is 0 Å². The van der Waals surface area contributed by atoms with Crippen molar-refractivity contribution in [2.75, 3.05) is 0 Å². The highest BCUT2D eigenvalue weighted by Gasteiger charge is 2.24. The van der Waals surface area contributed by atoms with E-state index >= 15 is 0 Å². The predicted molar refractivity (Wildman–Crippen MR) is 71.2 cm³/mol. The van der Waals surface area contributed by atoms with E-state index in [-0.39, 0.29) is 18.1 Å². The molecule has 0 bridgehead atoms. The monoisotopic (exact) mass is 247 g/mol. The molecule has 3 nitrogen and oxygen atoms in total. The molecule has 1 fully saturated rings. The molecule has 1 saturated carbocycles. The summed E-state index contributed by atoms with van der Waals surface area (Å²) in [7, 11) is 0. The summed E-state index contributed by atoms with van der Waals surface area (Å²) in [6.07, 6.45) is 4.77. The van der Waals surface area contributed by atoms with Crippen LogP contribution in [0.4, 0.5) is 0 Å². The van der Waals surface area contributed by atoms with Crippen LogP contribution in [0.25, 0.3) is 0 Å². The van der Waals surface area contributed by atoms with Crippen LogP contribution < -0.4 is 5.32 Å². The van der Waals surface area contributed by atoms with Gasteiger partial charge in [-0.2, -0.15) is 0 Å². The summed E-state index contributed by atoms with van der Waals surface area (Å²) in [5.41, 5.74) is 1.18. The van der Waals surface area contributed by atoms with E-state index in [1.807, 2.05) is 30.3 Å². The summed E-state index contributed by atoms with van der Waals surface area (Å²) in [6.45, 7) is 0. The number of rotatable bonds is 4. The van der Waals surface area contributed by atoms with Gasteiger partial charge in [0.1, 0.15) is 0 Å². The first-order valence-corrected chi connectivity index (χ1v) is 6.77. The van der Waals surface area contributed by atoms with E-state index in [2.05, 4.69) is 5.32 Å². The molecule has 0 saturated heterocycles. The Balaban J connectivity index is 1.75. The van der Waals surface area contributed by atoms with Gasteiger partial charge in [-0.05, 0) is 24.8 Å².